The van der Waals surface area contributed by atoms with Gasteiger partial charge in [-0.05, 0) is 6.85 Å². The van der Waals surface area contributed by atoms with Crippen molar-refractivity contribution < 1.29 is 4.11 Å². The summed E-state index contributed by atoms with van der Waals surface area (Å²) in [5, 5.41) is 8.02. The molecule has 0 bridgehead atoms. The van der Waals surface area contributed by atoms with Crippen LogP contribution < -0.4 is 5.73 Å². The molecule has 0 rings (SSSR count). The molecule has 0 spiro atoms. The minimum atomic E-state index is -2.18. The minimum Gasteiger partial charge on any atom is -0.327 e. The van der Waals surface area contributed by atoms with Gasteiger partial charge in [-0.25, -0.2) is 0 Å². The zero-order chi connectivity index (χ0) is 7.49. The highest BCUT2D eigenvalue weighted by molar-refractivity contribution is 4.74. The first-order valence-corrected chi connectivity index (χ1v) is 1.61. The summed E-state index contributed by atoms with van der Waals surface area (Å²) in [7, 11) is 0. The van der Waals surface area contributed by atoms with Crippen LogP contribution in [-0.2, 0) is 0 Å². The largest absolute Gasteiger partial charge is 0.327 e. The van der Waals surface area contributed by atoms with Crippen molar-refractivity contribution in [1.29, 1.82) is 5.26 Å². The maximum atomic E-state index is 8.02. The molecule has 0 aromatic rings. The lowest BCUT2D eigenvalue weighted by Crippen LogP contribution is -2.12. The SMILES string of the molecule is [2H]C([2H])([2H])[C@H](N)CC#N. The Bertz CT molecular complexity index is 123. The van der Waals surface area contributed by atoms with E-state index in [4.69, 9.17) is 15.1 Å². The molecule has 0 aliphatic carbocycles. The summed E-state index contributed by atoms with van der Waals surface area (Å²) in [6, 6.07) is 0.691. The maximum absolute atomic E-state index is 8.02. The third-order valence-electron chi connectivity index (χ3n) is 0.311. The second-order valence-corrected chi connectivity index (χ2v) is 0.969. The molecule has 2 heteroatoms. The van der Waals surface area contributed by atoms with E-state index >= 15 is 0 Å². The lowest BCUT2D eigenvalue weighted by molar-refractivity contribution is 0.765. The van der Waals surface area contributed by atoms with Gasteiger partial charge in [0, 0.05) is 16.6 Å². The van der Waals surface area contributed by atoms with E-state index in [9.17, 15) is 0 Å². The normalized spacial score (nSPS) is 22.3. The summed E-state index contributed by atoms with van der Waals surface area (Å²) >= 11 is 0. The van der Waals surface area contributed by atoms with E-state index in [1.54, 1.807) is 6.07 Å². The summed E-state index contributed by atoms with van der Waals surface area (Å²) < 4.78 is 20.1. The number of nitriles is 1. The van der Waals surface area contributed by atoms with Crippen LogP contribution in [0.2, 0.25) is 0 Å². The van der Waals surface area contributed by atoms with Gasteiger partial charge < -0.3 is 5.73 Å². The van der Waals surface area contributed by atoms with Crippen molar-refractivity contribution in [2.75, 3.05) is 0 Å². The molecule has 0 heterocycles. The Hall–Kier alpha value is -0.550. The monoisotopic (exact) mass is 87.1 g/mol. The molecule has 0 radical (unpaired) electrons. The molecule has 0 amide bonds. The highest BCUT2D eigenvalue weighted by atomic mass is 14.6. The second-order valence-electron chi connectivity index (χ2n) is 0.969. The van der Waals surface area contributed by atoms with Crippen molar-refractivity contribution in [2.24, 2.45) is 5.73 Å². The van der Waals surface area contributed by atoms with Crippen molar-refractivity contribution in [3.05, 3.63) is 0 Å². The van der Waals surface area contributed by atoms with Crippen LogP contribution in [0.5, 0.6) is 0 Å². The number of nitrogens with two attached hydrogens (primary N) is 1. The molecular weight excluding hydrogens is 76.1 g/mol. The summed E-state index contributed by atoms with van der Waals surface area (Å²) in [5.41, 5.74) is 5.08. The Morgan fingerprint density at radius 3 is 3.17 bits per heavy atom. The molecule has 0 saturated heterocycles. The molecule has 2 nitrogen and oxygen atoms in total. The summed E-state index contributed by atoms with van der Waals surface area (Å²) in [6.07, 6.45) is -0.115. The van der Waals surface area contributed by atoms with Crippen molar-refractivity contribution >= 4 is 0 Å². The van der Waals surface area contributed by atoms with Crippen LogP contribution in [0.4, 0.5) is 0 Å². The van der Waals surface area contributed by atoms with Gasteiger partial charge in [-0.15, -0.1) is 0 Å². The van der Waals surface area contributed by atoms with E-state index in [1.165, 1.54) is 0 Å². The van der Waals surface area contributed by atoms with Gasteiger partial charge >= 0.3 is 0 Å². The van der Waals surface area contributed by atoms with Crippen molar-refractivity contribution in [1.82, 2.24) is 0 Å². The van der Waals surface area contributed by atoms with E-state index in [1.807, 2.05) is 0 Å². The maximum Gasteiger partial charge on any atom is 0.0637 e. The lowest BCUT2D eigenvalue weighted by atomic mass is 10.3. The average molecular weight is 87.1 g/mol. The van der Waals surface area contributed by atoms with Crippen molar-refractivity contribution in [3.8, 4) is 6.07 Å². The number of hydrogen-bond donors (Lipinski definition) is 1. The van der Waals surface area contributed by atoms with Gasteiger partial charge in [0.05, 0.1) is 6.07 Å². The first kappa shape index (κ1) is 1.94. The van der Waals surface area contributed by atoms with E-state index < -0.39 is 12.9 Å². The zero-order valence-electron chi connectivity index (χ0n) is 6.31. The Balaban J connectivity index is 3.76. The number of hydrogen-bond acceptors (Lipinski definition) is 2. The fourth-order valence-corrected chi connectivity index (χ4v) is 0.0983. The predicted octanol–water partition coefficient (Wildman–Crippen LogP) is 0.247. The molecule has 0 aromatic heterocycles. The third kappa shape index (κ3) is 3.45. The molecule has 0 aliphatic heterocycles. The van der Waals surface area contributed by atoms with Gasteiger partial charge in [0.25, 0.3) is 0 Å². The fraction of sp³-hybridized carbons (Fsp3) is 0.750. The molecule has 6 heavy (non-hydrogen) atoms. The van der Waals surface area contributed by atoms with Gasteiger partial charge in [0.15, 0.2) is 0 Å². The predicted molar refractivity (Wildman–Crippen MR) is 23.9 cm³/mol. The van der Waals surface area contributed by atoms with Gasteiger partial charge in [-0.3, -0.25) is 0 Å². The van der Waals surface area contributed by atoms with Gasteiger partial charge in [-0.1, -0.05) is 0 Å². The first-order valence-electron chi connectivity index (χ1n) is 3.11. The second kappa shape index (κ2) is 2.67. The third-order valence-corrected chi connectivity index (χ3v) is 0.311. The molecule has 0 unspecified atom stereocenters. The molecule has 0 aromatic carbocycles. The van der Waals surface area contributed by atoms with Crippen LogP contribution >= 0.6 is 0 Å². The number of rotatable bonds is 1. The Labute approximate surface area is 41.8 Å². The molecule has 0 saturated carbocycles. The van der Waals surface area contributed by atoms with E-state index in [2.05, 4.69) is 0 Å². The van der Waals surface area contributed by atoms with Crippen LogP contribution in [0, 0.1) is 11.3 Å². The van der Waals surface area contributed by atoms with Crippen LogP contribution in [0.3, 0.4) is 0 Å². The summed E-state index contributed by atoms with van der Waals surface area (Å²) in [4.78, 5) is 0. The first-order chi connectivity index (χ1) is 3.98. The lowest BCUT2D eigenvalue weighted by Gasteiger charge is -1.89. The number of nitrogens with zero attached hydrogens (tertiary/aromatic N) is 1. The average Bonchev–Trinajstić information content (AvgIpc) is 1.64. The van der Waals surface area contributed by atoms with Crippen LogP contribution in [0.25, 0.3) is 0 Å². The highest BCUT2D eigenvalue weighted by Gasteiger charge is 1.85. The topological polar surface area (TPSA) is 49.8 Å². The smallest absolute Gasteiger partial charge is 0.0637 e. The Kier molecular flexibility index (Phi) is 0.867. The van der Waals surface area contributed by atoms with Gasteiger partial charge in [0.2, 0.25) is 0 Å². The van der Waals surface area contributed by atoms with Crippen LogP contribution in [-0.4, -0.2) is 6.04 Å². The van der Waals surface area contributed by atoms with Gasteiger partial charge in [0.1, 0.15) is 0 Å². The fourth-order valence-electron chi connectivity index (χ4n) is 0.0983. The van der Waals surface area contributed by atoms with Crippen molar-refractivity contribution in [3.63, 3.8) is 0 Å². The Morgan fingerprint density at radius 2 is 3.00 bits per heavy atom. The van der Waals surface area contributed by atoms with Gasteiger partial charge in [-0.2, -0.15) is 5.26 Å². The zero-order valence-corrected chi connectivity index (χ0v) is 3.31. The van der Waals surface area contributed by atoms with E-state index in [-0.39, 0.29) is 6.42 Å². The molecule has 0 fully saturated rings. The summed E-state index contributed by atoms with van der Waals surface area (Å²) in [5.74, 6) is 0. The van der Waals surface area contributed by atoms with Crippen LogP contribution in [0.15, 0.2) is 0 Å². The quantitative estimate of drug-likeness (QED) is 0.498. The molecular formula is C4H8N2. The Morgan fingerprint density at radius 1 is 2.33 bits per heavy atom. The molecule has 2 N–H and O–H groups in total. The molecule has 1 atom stereocenters. The van der Waals surface area contributed by atoms with E-state index in [0.29, 0.717) is 0 Å². The van der Waals surface area contributed by atoms with E-state index in [0.717, 1.165) is 0 Å². The van der Waals surface area contributed by atoms with Crippen LogP contribution in [0.1, 0.15) is 17.4 Å². The van der Waals surface area contributed by atoms with Crippen molar-refractivity contribution in [2.45, 2.75) is 19.3 Å². The molecule has 0 aliphatic rings. The minimum absolute atomic E-state index is 0.115. The molecule has 34 valence electrons. The highest BCUT2D eigenvalue weighted by Crippen LogP contribution is 1.77. The standard InChI is InChI=1S/C4H8N2/c1-4(6)2-3-5/h4H,2,6H2,1H3/t4-/m0/s1/i1D3. The summed E-state index contributed by atoms with van der Waals surface area (Å²) in [6.45, 7) is -2.18.